The molecule has 1 saturated carbocycles. The van der Waals surface area contributed by atoms with Crippen LogP contribution in [0.4, 0.5) is 4.79 Å². The van der Waals surface area contributed by atoms with Crippen molar-refractivity contribution in [1.82, 2.24) is 15.5 Å². The highest BCUT2D eigenvalue weighted by Gasteiger charge is 2.57. The Balaban J connectivity index is 1.99. The highest BCUT2D eigenvalue weighted by Crippen LogP contribution is 2.44. The number of hydrogen-bond acceptors (Lipinski definition) is 4. The Bertz CT molecular complexity index is 503. The van der Waals surface area contributed by atoms with Crippen LogP contribution in [-0.4, -0.2) is 40.7 Å². The maximum Gasteiger partial charge on any atom is 0.330 e. The molecular formula is C14H21N3O4. The molecule has 7 nitrogen and oxygen atoms in total. The highest BCUT2D eigenvalue weighted by atomic mass is 16.2. The summed E-state index contributed by atoms with van der Waals surface area (Å²) in [7, 11) is 0. The van der Waals surface area contributed by atoms with Crippen molar-refractivity contribution < 1.29 is 19.2 Å². The molecule has 2 N–H and O–H groups in total. The van der Waals surface area contributed by atoms with Crippen molar-refractivity contribution >= 4 is 23.8 Å². The van der Waals surface area contributed by atoms with Crippen LogP contribution >= 0.6 is 0 Å². The maximum absolute atomic E-state index is 12.4. The fraction of sp³-hybridized carbons (Fsp3) is 0.714. The molecule has 5 amide bonds. The zero-order valence-corrected chi connectivity index (χ0v) is 12.6. The van der Waals surface area contributed by atoms with Crippen molar-refractivity contribution in [2.75, 3.05) is 6.54 Å². The molecule has 1 spiro atoms. The van der Waals surface area contributed by atoms with Crippen LogP contribution < -0.4 is 10.6 Å². The van der Waals surface area contributed by atoms with Gasteiger partial charge in [-0.3, -0.25) is 24.6 Å². The van der Waals surface area contributed by atoms with Gasteiger partial charge in [0, 0.05) is 18.5 Å². The summed E-state index contributed by atoms with van der Waals surface area (Å²) in [5, 5.41) is 4.99. The number of carbonyl (C=O) groups is 4. The molecule has 0 radical (unpaired) electrons. The predicted molar refractivity (Wildman–Crippen MR) is 74.0 cm³/mol. The Morgan fingerprint density at radius 1 is 1.29 bits per heavy atom. The van der Waals surface area contributed by atoms with Gasteiger partial charge in [-0.15, -0.1) is 0 Å². The molecule has 0 bridgehead atoms. The average Bonchev–Trinajstić information content (AvgIpc) is 2.23. The third kappa shape index (κ3) is 2.91. The topological polar surface area (TPSA) is 95.6 Å². The first-order valence-corrected chi connectivity index (χ1v) is 7.14. The Morgan fingerprint density at radius 3 is 2.38 bits per heavy atom. The predicted octanol–water partition coefficient (Wildman–Crippen LogP) is 0.540. The minimum atomic E-state index is -1.07. The summed E-state index contributed by atoms with van der Waals surface area (Å²) in [5.41, 5.74) is -1.44. The molecule has 2 rings (SSSR count). The summed E-state index contributed by atoms with van der Waals surface area (Å²) in [6.45, 7) is 5.55. The summed E-state index contributed by atoms with van der Waals surface area (Å²) in [6, 6.07) is -0.730. The van der Waals surface area contributed by atoms with Crippen LogP contribution in [0, 0.1) is 5.41 Å². The fourth-order valence-corrected chi connectivity index (χ4v) is 2.60. The number of hydrogen-bond donors (Lipinski definition) is 2. The Morgan fingerprint density at radius 2 is 1.90 bits per heavy atom. The van der Waals surface area contributed by atoms with Gasteiger partial charge in [-0.2, -0.15) is 0 Å². The van der Waals surface area contributed by atoms with E-state index < -0.39 is 23.3 Å². The van der Waals surface area contributed by atoms with E-state index in [1.54, 1.807) is 0 Å². The van der Waals surface area contributed by atoms with E-state index in [1.165, 1.54) is 0 Å². The van der Waals surface area contributed by atoms with E-state index in [-0.39, 0.29) is 24.4 Å². The number of urea groups is 1. The van der Waals surface area contributed by atoms with Gasteiger partial charge in [-0.25, -0.2) is 4.79 Å². The molecule has 1 heterocycles. The molecule has 0 aromatic rings. The van der Waals surface area contributed by atoms with Gasteiger partial charge in [0.05, 0.1) is 0 Å². The standard InChI is InChI=1S/C14H21N3O4/c1-13(2,3)16-9(18)5-8-17-11(20)14(6-4-7-14)10(19)15-12(17)21/h4-8H2,1-3H3,(H,16,18)(H,15,19,21). The molecule has 1 aliphatic carbocycles. The van der Waals surface area contributed by atoms with Crippen LogP contribution in [0.25, 0.3) is 0 Å². The van der Waals surface area contributed by atoms with E-state index in [2.05, 4.69) is 10.6 Å². The number of nitrogens with zero attached hydrogens (tertiary/aromatic N) is 1. The molecule has 7 heteroatoms. The van der Waals surface area contributed by atoms with Crippen molar-refractivity contribution in [3.8, 4) is 0 Å². The van der Waals surface area contributed by atoms with Gasteiger partial charge in [0.2, 0.25) is 17.7 Å². The van der Waals surface area contributed by atoms with Crippen molar-refractivity contribution in [3.63, 3.8) is 0 Å². The largest absolute Gasteiger partial charge is 0.351 e. The van der Waals surface area contributed by atoms with Gasteiger partial charge in [0.15, 0.2) is 0 Å². The zero-order chi connectivity index (χ0) is 15.8. The van der Waals surface area contributed by atoms with Crippen molar-refractivity contribution in [2.24, 2.45) is 5.41 Å². The van der Waals surface area contributed by atoms with E-state index in [9.17, 15) is 19.2 Å². The lowest BCUT2D eigenvalue weighted by atomic mass is 9.66. The third-order valence-electron chi connectivity index (χ3n) is 3.84. The van der Waals surface area contributed by atoms with Gasteiger partial charge in [-0.1, -0.05) is 6.42 Å². The van der Waals surface area contributed by atoms with E-state index in [1.807, 2.05) is 20.8 Å². The first kappa shape index (κ1) is 15.5. The molecule has 0 unspecified atom stereocenters. The van der Waals surface area contributed by atoms with Crippen LogP contribution in [0.2, 0.25) is 0 Å². The number of barbiturate groups is 1. The SMILES string of the molecule is CC(C)(C)NC(=O)CCN1C(=O)NC(=O)C2(CCC2)C1=O. The fourth-order valence-electron chi connectivity index (χ4n) is 2.60. The lowest BCUT2D eigenvalue weighted by Crippen LogP contribution is -2.66. The summed E-state index contributed by atoms with van der Waals surface area (Å²) in [4.78, 5) is 48.7. The smallest absolute Gasteiger partial charge is 0.330 e. The molecule has 2 aliphatic rings. The van der Waals surface area contributed by atoms with Crippen molar-refractivity contribution in [1.29, 1.82) is 0 Å². The Kier molecular flexibility index (Phi) is 3.78. The molecule has 0 atom stereocenters. The third-order valence-corrected chi connectivity index (χ3v) is 3.84. The van der Waals surface area contributed by atoms with E-state index >= 15 is 0 Å². The van der Waals surface area contributed by atoms with Crippen LogP contribution in [0.1, 0.15) is 46.5 Å². The molecule has 2 fully saturated rings. The van der Waals surface area contributed by atoms with E-state index in [0.717, 1.165) is 11.3 Å². The molecule has 0 aromatic heterocycles. The summed E-state index contributed by atoms with van der Waals surface area (Å²) < 4.78 is 0. The lowest BCUT2D eigenvalue weighted by molar-refractivity contribution is -0.157. The van der Waals surface area contributed by atoms with Crippen LogP contribution in [0.5, 0.6) is 0 Å². The first-order valence-electron chi connectivity index (χ1n) is 7.14. The monoisotopic (exact) mass is 295 g/mol. The van der Waals surface area contributed by atoms with Crippen LogP contribution in [-0.2, 0) is 14.4 Å². The number of imide groups is 2. The Hall–Kier alpha value is -1.92. The average molecular weight is 295 g/mol. The zero-order valence-electron chi connectivity index (χ0n) is 12.6. The first-order chi connectivity index (χ1) is 9.66. The van der Waals surface area contributed by atoms with E-state index in [4.69, 9.17) is 0 Å². The van der Waals surface area contributed by atoms with Crippen molar-refractivity contribution in [2.45, 2.75) is 52.0 Å². The summed E-state index contributed by atoms with van der Waals surface area (Å²) in [5.74, 6) is -1.20. The maximum atomic E-state index is 12.4. The molecule has 1 saturated heterocycles. The molecule has 1 aliphatic heterocycles. The van der Waals surface area contributed by atoms with Gasteiger partial charge in [0.25, 0.3) is 0 Å². The highest BCUT2D eigenvalue weighted by molar-refractivity contribution is 6.19. The van der Waals surface area contributed by atoms with Gasteiger partial charge < -0.3 is 5.32 Å². The van der Waals surface area contributed by atoms with Crippen LogP contribution in [0.3, 0.4) is 0 Å². The number of carbonyl (C=O) groups excluding carboxylic acids is 4. The summed E-state index contributed by atoms with van der Waals surface area (Å²) in [6.07, 6.45) is 1.76. The van der Waals surface area contributed by atoms with Gasteiger partial charge in [-0.05, 0) is 33.6 Å². The minimum Gasteiger partial charge on any atom is -0.351 e. The Labute approximate surface area is 123 Å². The quantitative estimate of drug-likeness (QED) is 0.743. The lowest BCUT2D eigenvalue weighted by Gasteiger charge is -2.44. The molecule has 21 heavy (non-hydrogen) atoms. The van der Waals surface area contributed by atoms with Crippen LogP contribution in [0.15, 0.2) is 0 Å². The van der Waals surface area contributed by atoms with Gasteiger partial charge >= 0.3 is 6.03 Å². The second-order valence-corrected chi connectivity index (χ2v) is 6.70. The van der Waals surface area contributed by atoms with Gasteiger partial charge in [0.1, 0.15) is 5.41 Å². The molecule has 116 valence electrons. The molecular weight excluding hydrogens is 274 g/mol. The summed E-state index contributed by atoms with van der Waals surface area (Å²) >= 11 is 0. The van der Waals surface area contributed by atoms with Crippen molar-refractivity contribution in [3.05, 3.63) is 0 Å². The minimum absolute atomic E-state index is 0.0123. The second kappa shape index (κ2) is 5.13. The number of rotatable bonds is 3. The molecule has 0 aromatic carbocycles. The number of amides is 5. The van der Waals surface area contributed by atoms with E-state index in [0.29, 0.717) is 12.8 Å². The number of nitrogens with one attached hydrogen (secondary N) is 2. The second-order valence-electron chi connectivity index (χ2n) is 6.70. The normalized spacial score (nSPS) is 21.1.